The molecule has 0 heterocycles. The summed E-state index contributed by atoms with van der Waals surface area (Å²) in [5, 5.41) is 0. The van der Waals surface area contributed by atoms with Gasteiger partial charge in [0.25, 0.3) is 0 Å². The van der Waals surface area contributed by atoms with Gasteiger partial charge in [0, 0.05) is 13.5 Å². The van der Waals surface area contributed by atoms with Crippen LogP contribution in [0.25, 0.3) is 0 Å². The molecule has 35 heavy (non-hydrogen) atoms. The Kier molecular flexibility index (Phi) is 8.49. The maximum atomic E-state index is 14.3. The first-order valence-corrected chi connectivity index (χ1v) is 9.42. The Morgan fingerprint density at radius 2 is 1.09 bits per heavy atom. The second kappa shape index (κ2) is 9.54. The van der Waals surface area contributed by atoms with Crippen LogP contribution >= 0.6 is 0 Å². The summed E-state index contributed by atoms with van der Waals surface area (Å²) >= 11 is 0. The maximum absolute atomic E-state index is 14.3. The number of hydrogen-bond donors (Lipinski definition) is 0. The van der Waals surface area contributed by atoms with Gasteiger partial charge in [-0.3, -0.25) is 0 Å². The first-order valence-electron chi connectivity index (χ1n) is 9.42. The van der Waals surface area contributed by atoms with Gasteiger partial charge in [-0.1, -0.05) is 37.6 Å². The highest BCUT2D eigenvalue weighted by Crippen LogP contribution is 2.63. The van der Waals surface area contributed by atoms with Crippen molar-refractivity contribution in [3.63, 3.8) is 0 Å². The number of alkyl halides is 15. The molecular weight excluding hydrogens is 529 g/mol. The predicted molar refractivity (Wildman–Crippen MR) is 90.5 cm³/mol. The molecule has 0 bridgehead atoms. The number of halogens is 15. The Hall–Kier alpha value is -1.87. The van der Waals surface area contributed by atoms with Crippen LogP contribution in [0.4, 0.5) is 65.9 Å². The van der Waals surface area contributed by atoms with Crippen LogP contribution in [-0.4, -0.2) is 48.8 Å². The summed E-state index contributed by atoms with van der Waals surface area (Å²) in [6.07, 6.45) is -11.9. The van der Waals surface area contributed by atoms with Gasteiger partial charge < -0.3 is 4.74 Å². The average molecular weight is 546 g/mol. The van der Waals surface area contributed by atoms with Crippen LogP contribution in [0.1, 0.15) is 37.0 Å². The van der Waals surface area contributed by atoms with Crippen molar-refractivity contribution in [3.8, 4) is 0 Å². The van der Waals surface area contributed by atoms with Gasteiger partial charge in [0.1, 0.15) is 0 Å². The highest BCUT2D eigenvalue weighted by atomic mass is 19.4. The molecule has 1 aromatic carbocycles. The van der Waals surface area contributed by atoms with Crippen LogP contribution in [0.3, 0.4) is 0 Å². The van der Waals surface area contributed by atoms with Crippen molar-refractivity contribution in [1.29, 1.82) is 0 Å². The van der Waals surface area contributed by atoms with Crippen molar-refractivity contribution < 1.29 is 70.6 Å². The average Bonchev–Trinajstić information content (AvgIpc) is 2.71. The third-order valence-electron chi connectivity index (χ3n) is 5.04. The molecule has 0 spiro atoms. The third kappa shape index (κ3) is 4.90. The monoisotopic (exact) mass is 546 g/mol. The van der Waals surface area contributed by atoms with Gasteiger partial charge in [0.2, 0.25) is 0 Å². The molecule has 0 aliphatic rings. The largest absolute Gasteiger partial charge is 0.460 e. The van der Waals surface area contributed by atoms with E-state index in [1.165, 1.54) is 18.2 Å². The van der Waals surface area contributed by atoms with Crippen molar-refractivity contribution in [2.75, 3.05) is 7.11 Å². The van der Waals surface area contributed by atoms with E-state index in [9.17, 15) is 65.9 Å². The van der Waals surface area contributed by atoms with E-state index in [0.717, 1.165) is 6.07 Å². The van der Waals surface area contributed by atoms with Gasteiger partial charge >= 0.3 is 41.7 Å². The molecule has 1 atom stereocenters. The van der Waals surface area contributed by atoms with Crippen molar-refractivity contribution in [3.05, 3.63) is 35.4 Å². The van der Waals surface area contributed by atoms with Crippen molar-refractivity contribution in [1.82, 2.24) is 0 Å². The van der Waals surface area contributed by atoms with Crippen molar-refractivity contribution in [2.45, 2.75) is 74.0 Å². The zero-order chi connectivity index (χ0) is 27.9. The molecule has 1 aromatic rings. The van der Waals surface area contributed by atoms with Crippen LogP contribution in [0.5, 0.6) is 0 Å². The van der Waals surface area contributed by atoms with Crippen LogP contribution in [0, 0.1) is 0 Å². The quantitative estimate of drug-likeness (QED) is 0.255. The number of hydrogen-bond acceptors (Lipinski definition) is 1. The zero-order valence-corrected chi connectivity index (χ0v) is 17.6. The zero-order valence-electron chi connectivity index (χ0n) is 17.6. The van der Waals surface area contributed by atoms with E-state index in [1.54, 1.807) is 6.92 Å². The minimum absolute atomic E-state index is 0.116. The first-order chi connectivity index (χ1) is 15.5. The Balaban J connectivity index is 3.53. The molecule has 0 amide bonds. The fraction of sp³-hybridized carbons (Fsp3) is 0.684. The van der Waals surface area contributed by atoms with Crippen LogP contribution in [0.2, 0.25) is 0 Å². The Morgan fingerprint density at radius 1 is 0.657 bits per heavy atom. The molecule has 0 saturated heterocycles. The summed E-state index contributed by atoms with van der Waals surface area (Å²) in [5.41, 5.74) is -0.120. The normalized spacial score (nSPS) is 15.9. The molecule has 1 unspecified atom stereocenters. The lowest BCUT2D eigenvalue weighted by Gasteiger charge is -2.42. The van der Waals surface area contributed by atoms with Gasteiger partial charge in [-0.25, -0.2) is 0 Å². The summed E-state index contributed by atoms with van der Waals surface area (Å²) in [4.78, 5) is 0. The summed E-state index contributed by atoms with van der Waals surface area (Å²) in [6, 6.07) is 4.87. The number of aryl methyl sites for hydroxylation is 1. The third-order valence-corrected chi connectivity index (χ3v) is 5.04. The molecular formula is C19H17F15O. The van der Waals surface area contributed by atoms with Crippen LogP contribution in [0.15, 0.2) is 24.3 Å². The van der Waals surface area contributed by atoms with E-state index in [0.29, 0.717) is 13.5 Å². The molecule has 1 nitrogen and oxygen atoms in total. The van der Waals surface area contributed by atoms with Crippen LogP contribution in [-0.2, 0) is 11.2 Å². The summed E-state index contributed by atoms with van der Waals surface area (Å²) in [5.74, 6) is -46.6. The van der Waals surface area contributed by atoms with Gasteiger partial charge in [-0.15, -0.1) is 0 Å². The molecule has 0 aliphatic carbocycles. The molecule has 0 fully saturated rings. The maximum Gasteiger partial charge on any atom is 0.460 e. The number of rotatable bonds is 11. The lowest BCUT2D eigenvalue weighted by molar-refractivity contribution is -0.453. The SMILES string of the molecule is CCCc1ccccc1C(CC(F)(F)C(F)(F)C(F)(F)C(F)(F)C(F)(F)C(F)(F)C(F)(F)F)OC. The summed E-state index contributed by atoms with van der Waals surface area (Å²) < 4.78 is 205. The van der Waals surface area contributed by atoms with Crippen molar-refractivity contribution in [2.24, 2.45) is 0 Å². The first kappa shape index (κ1) is 31.2. The van der Waals surface area contributed by atoms with Crippen LogP contribution < -0.4 is 0 Å². The van der Waals surface area contributed by atoms with E-state index in [2.05, 4.69) is 4.74 Å². The molecule has 0 saturated carbocycles. The van der Waals surface area contributed by atoms with Gasteiger partial charge in [-0.05, 0) is 17.5 Å². The molecule has 0 N–H and O–H groups in total. The van der Waals surface area contributed by atoms with E-state index >= 15 is 0 Å². The molecule has 1 rings (SSSR count). The Labute approximate surface area is 188 Å². The van der Waals surface area contributed by atoms with Gasteiger partial charge in [-0.2, -0.15) is 65.9 Å². The minimum Gasteiger partial charge on any atom is -0.377 e. The van der Waals surface area contributed by atoms with Gasteiger partial charge in [0.05, 0.1) is 6.10 Å². The van der Waals surface area contributed by atoms with E-state index in [-0.39, 0.29) is 17.5 Å². The topological polar surface area (TPSA) is 9.23 Å². The molecule has 204 valence electrons. The number of ether oxygens (including phenoxy) is 1. The van der Waals surface area contributed by atoms with Crippen molar-refractivity contribution >= 4 is 0 Å². The van der Waals surface area contributed by atoms with E-state index < -0.39 is 54.2 Å². The highest BCUT2D eigenvalue weighted by Gasteiger charge is 2.93. The molecule has 0 aliphatic heterocycles. The lowest BCUT2D eigenvalue weighted by atomic mass is 9.87. The predicted octanol–water partition coefficient (Wildman–Crippen LogP) is 8.09. The smallest absolute Gasteiger partial charge is 0.377 e. The fourth-order valence-corrected chi connectivity index (χ4v) is 3.03. The molecule has 0 aromatic heterocycles. The fourth-order valence-electron chi connectivity index (χ4n) is 3.03. The Morgan fingerprint density at radius 3 is 1.51 bits per heavy atom. The Bertz CT molecular complexity index is 860. The second-order valence-corrected chi connectivity index (χ2v) is 7.45. The standard InChI is InChI=1S/C19H17F15O/c1-3-6-10-7-4-5-8-11(10)12(35-2)9-13(20,21)14(22,23)15(24,25)16(26,27)17(28,29)18(30,31)19(32,33)34/h4-5,7-8,12H,3,6,9H2,1-2H3. The highest BCUT2D eigenvalue weighted by molar-refractivity contribution is 5.30. The summed E-state index contributed by atoms with van der Waals surface area (Å²) in [7, 11) is 0.631. The van der Waals surface area contributed by atoms with E-state index in [4.69, 9.17) is 0 Å². The van der Waals surface area contributed by atoms with Gasteiger partial charge in [0.15, 0.2) is 0 Å². The summed E-state index contributed by atoms with van der Waals surface area (Å²) in [6.45, 7) is 1.60. The number of methoxy groups -OCH3 is 1. The minimum atomic E-state index is -8.30. The lowest BCUT2D eigenvalue weighted by Crippen LogP contribution is -2.72. The number of benzene rings is 1. The molecule has 0 radical (unpaired) electrons. The second-order valence-electron chi connectivity index (χ2n) is 7.45. The molecule has 16 heteroatoms. The van der Waals surface area contributed by atoms with E-state index in [1.807, 2.05) is 0 Å².